The molecule has 0 saturated carbocycles. The number of aromatic nitrogens is 3. The molecule has 134 valence electrons. The summed E-state index contributed by atoms with van der Waals surface area (Å²) in [5.74, 6) is 1.58. The number of carbonyl (C=O) groups is 1. The second-order valence-corrected chi connectivity index (χ2v) is 6.41. The van der Waals surface area contributed by atoms with Crippen molar-refractivity contribution in [2.75, 3.05) is 6.79 Å². The van der Waals surface area contributed by atoms with E-state index in [1.807, 2.05) is 16.8 Å². The first-order valence-corrected chi connectivity index (χ1v) is 8.91. The molecule has 1 aliphatic rings. The Balaban J connectivity index is 1.32. The van der Waals surface area contributed by atoms with Gasteiger partial charge in [0.15, 0.2) is 17.6 Å². The SMILES string of the molecule is CC(Oc1ccc2c(c1)OCO2)C(=O)NCc1cn(-c2ccsc2)nn1. The Labute approximate surface area is 153 Å². The van der Waals surface area contributed by atoms with E-state index in [0.717, 1.165) is 5.69 Å². The van der Waals surface area contributed by atoms with Gasteiger partial charge in [0.2, 0.25) is 6.79 Å². The Hall–Kier alpha value is -3.07. The lowest BCUT2D eigenvalue weighted by Gasteiger charge is -2.14. The van der Waals surface area contributed by atoms with Crippen LogP contribution in [0.1, 0.15) is 12.6 Å². The van der Waals surface area contributed by atoms with Gasteiger partial charge in [-0.1, -0.05) is 5.21 Å². The number of rotatable bonds is 6. The molecule has 1 amide bonds. The van der Waals surface area contributed by atoms with Crippen molar-refractivity contribution in [3.05, 3.63) is 46.9 Å². The monoisotopic (exact) mass is 372 g/mol. The minimum Gasteiger partial charge on any atom is -0.481 e. The summed E-state index contributed by atoms with van der Waals surface area (Å²) in [5, 5.41) is 14.8. The molecule has 0 radical (unpaired) electrons. The van der Waals surface area contributed by atoms with Gasteiger partial charge < -0.3 is 19.5 Å². The molecule has 1 aromatic carbocycles. The molecule has 9 heteroatoms. The van der Waals surface area contributed by atoms with Gasteiger partial charge in [-0.05, 0) is 30.5 Å². The lowest BCUT2D eigenvalue weighted by atomic mass is 10.3. The van der Waals surface area contributed by atoms with E-state index in [0.29, 0.717) is 22.9 Å². The summed E-state index contributed by atoms with van der Waals surface area (Å²) in [6.07, 6.45) is 1.12. The Morgan fingerprint density at radius 3 is 3.12 bits per heavy atom. The van der Waals surface area contributed by atoms with E-state index in [1.54, 1.807) is 47.3 Å². The summed E-state index contributed by atoms with van der Waals surface area (Å²) in [7, 11) is 0. The fourth-order valence-electron chi connectivity index (χ4n) is 2.42. The van der Waals surface area contributed by atoms with Crippen LogP contribution in [0.15, 0.2) is 41.2 Å². The first-order chi connectivity index (χ1) is 12.7. The van der Waals surface area contributed by atoms with E-state index in [1.165, 1.54) is 0 Å². The van der Waals surface area contributed by atoms with Gasteiger partial charge in [-0.25, -0.2) is 4.68 Å². The number of carbonyl (C=O) groups excluding carboxylic acids is 1. The Bertz CT molecular complexity index is 909. The minimum atomic E-state index is -0.665. The van der Waals surface area contributed by atoms with E-state index in [-0.39, 0.29) is 19.2 Å². The lowest BCUT2D eigenvalue weighted by molar-refractivity contribution is -0.127. The summed E-state index contributed by atoms with van der Waals surface area (Å²) in [6, 6.07) is 7.15. The molecule has 3 aromatic rings. The van der Waals surface area contributed by atoms with Crippen LogP contribution in [0.25, 0.3) is 5.69 Å². The van der Waals surface area contributed by atoms with Gasteiger partial charge in [0.25, 0.3) is 5.91 Å². The number of hydrogen-bond acceptors (Lipinski definition) is 7. The highest BCUT2D eigenvalue weighted by Gasteiger charge is 2.18. The Morgan fingerprint density at radius 1 is 1.38 bits per heavy atom. The molecule has 2 aromatic heterocycles. The maximum atomic E-state index is 12.2. The average Bonchev–Trinajstić information content (AvgIpc) is 3.39. The second-order valence-electron chi connectivity index (χ2n) is 5.63. The summed E-state index contributed by atoms with van der Waals surface area (Å²) in [4.78, 5) is 12.2. The number of fused-ring (bicyclic) bond motifs is 1. The van der Waals surface area contributed by atoms with Crippen LogP contribution in [-0.2, 0) is 11.3 Å². The van der Waals surface area contributed by atoms with Crippen molar-refractivity contribution < 1.29 is 19.0 Å². The van der Waals surface area contributed by atoms with E-state index in [2.05, 4.69) is 15.6 Å². The van der Waals surface area contributed by atoms with Crippen molar-refractivity contribution >= 4 is 17.2 Å². The van der Waals surface area contributed by atoms with Crippen molar-refractivity contribution in [1.29, 1.82) is 0 Å². The molecule has 1 aliphatic heterocycles. The second kappa shape index (κ2) is 7.04. The molecule has 0 aliphatic carbocycles. The predicted molar refractivity (Wildman–Crippen MR) is 93.7 cm³/mol. The maximum absolute atomic E-state index is 12.2. The topological polar surface area (TPSA) is 87.5 Å². The normalized spacial score (nSPS) is 13.4. The summed E-state index contributed by atoms with van der Waals surface area (Å²) >= 11 is 1.58. The van der Waals surface area contributed by atoms with Crippen LogP contribution in [0.2, 0.25) is 0 Å². The minimum absolute atomic E-state index is 0.195. The summed E-state index contributed by atoms with van der Waals surface area (Å²) in [5.41, 5.74) is 1.61. The quantitative estimate of drug-likeness (QED) is 0.713. The third kappa shape index (κ3) is 3.47. The van der Waals surface area contributed by atoms with Crippen LogP contribution in [0.3, 0.4) is 0 Å². The molecular formula is C17H16N4O4S. The van der Waals surface area contributed by atoms with E-state index in [9.17, 15) is 4.79 Å². The number of hydrogen-bond donors (Lipinski definition) is 1. The number of amides is 1. The molecule has 0 fully saturated rings. The maximum Gasteiger partial charge on any atom is 0.261 e. The Morgan fingerprint density at radius 2 is 2.27 bits per heavy atom. The fourth-order valence-corrected chi connectivity index (χ4v) is 3.05. The fraction of sp³-hybridized carbons (Fsp3) is 0.235. The van der Waals surface area contributed by atoms with E-state index >= 15 is 0 Å². The first-order valence-electron chi connectivity index (χ1n) is 7.97. The summed E-state index contributed by atoms with van der Waals surface area (Å²) in [6.45, 7) is 2.15. The number of thiophene rings is 1. The number of benzene rings is 1. The van der Waals surface area contributed by atoms with Crippen molar-refractivity contribution in [2.45, 2.75) is 19.6 Å². The first kappa shape index (κ1) is 16.4. The molecule has 26 heavy (non-hydrogen) atoms. The van der Waals surface area contributed by atoms with Crippen LogP contribution in [0.5, 0.6) is 17.2 Å². The molecule has 4 rings (SSSR count). The highest BCUT2D eigenvalue weighted by atomic mass is 32.1. The van der Waals surface area contributed by atoms with Gasteiger partial charge in [-0.15, -0.1) is 5.10 Å². The lowest BCUT2D eigenvalue weighted by Crippen LogP contribution is -2.36. The van der Waals surface area contributed by atoms with Gasteiger partial charge in [0.1, 0.15) is 11.4 Å². The molecule has 3 heterocycles. The molecule has 1 atom stereocenters. The highest BCUT2D eigenvalue weighted by molar-refractivity contribution is 7.08. The number of nitrogens with zero attached hydrogens (tertiary/aromatic N) is 3. The van der Waals surface area contributed by atoms with E-state index in [4.69, 9.17) is 14.2 Å². The highest BCUT2D eigenvalue weighted by Crippen LogP contribution is 2.35. The number of ether oxygens (including phenoxy) is 3. The molecule has 1 N–H and O–H groups in total. The third-order valence-corrected chi connectivity index (χ3v) is 4.45. The third-order valence-electron chi connectivity index (χ3n) is 3.78. The molecule has 1 unspecified atom stereocenters. The Kier molecular flexibility index (Phi) is 4.44. The zero-order chi connectivity index (χ0) is 17.9. The average molecular weight is 372 g/mol. The van der Waals surface area contributed by atoms with Crippen molar-refractivity contribution in [2.24, 2.45) is 0 Å². The molecular weight excluding hydrogens is 356 g/mol. The van der Waals surface area contributed by atoms with Crippen molar-refractivity contribution in [1.82, 2.24) is 20.3 Å². The predicted octanol–water partition coefficient (Wildman–Crippen LogP) is 2.14. The van der Waals surface area contributed by atoms with Crippen LogP contribution in [-0.4, -0.2) is 33.8 Å². The van der Waals surface area contributed by atoms with E-state index < -0.39 is 6.10 Å². The smallest absolute Gasteiger partial charge is 0.261 e. The van der Waals surface area contributed by atoms with Crippen molar-refractivity contribution in [3.8, 4) is 22.9 Å². The van der Waals surface area contributed by atoms with Crippen LogP contribution in [0, 0.1) is 0 Å². The standard InChI is InChI=1S/C17H16N4O4S/c1-11(25-14-2-3-15-16(6-14)24-10-23-15)17(22)18-7-12-8-21(20-19-12)13-4-5-26-9-13/h2-6,8-9,11H,7,10H2,1H3,(H,18,22). The van der Waals surface area contributed by atoms with Crippen LogP contribution >= 0.6 is 11.3 Å². The largest absolute Gasteiger partial charge is 0.481 e. The van der Waals surface area contributed by atoms with Crippen molar-refractivity contribution in [3.63, 3.8) is 0 Å². The van der Waals surface area contributed by atoms with Crippen LogP contribution < -0.4 is 19.5 Å². The van der Waals surface area contributed by atoms with Crippen LogP contribution in [0.4, 0.5) is 0 Å². The molecule has 0 saturated heterocycles. The molecule has 0 bridgehead atoms. The van der Waals surface area contributed by atoms with Gasteiger partial charge in [-0.2, -0.15) is 11.3 Å². The zero-order valence-electron chi connectivity index (χ0n) is 13.9. The van der Waals surface area contributed by atoms with Gasteiger partial charge in [-0.3, -0.25) is 4.79 Å². The van der Waals surface area contributed by atoms with Gasteiger partial charge in [0.05, 0.1) is 18.4 Å². The molecule has 8 nitrogen and oxygen atoms in total. The zero-order valence-corrected chi connectivity index (χ0v) is 14.7. The molecule has 0 spiro atoms. The number of nitrogens with one attached hydrogen (secondary N) is 1. The summed E-state index contributed by atoms with van der Waals surface area (Å²) < 4.78 is 17.9. The van der Waals surface area contributed by atoms with Gasteiger partial charge in [0, 0.05) is 11.4 Å². The van der Waals surface area contributed by atoms with Gasteiger partial charge >= 0.3 is 0 Å².